The number of fused-ring (bicyclic) bond motifs is 1. The molecule has 1 fully saturated rings. The molecule has 0 bridgehead atoms. The van der Waals surface area contributed by atoms with Crippen molar-refractivity contribution in [3.8, 4) is 11.5 Å². The van der Waals surface area contributed by atoms with Crippen molar-refractivity contribution in [3.63, 3.8) is 0 Å². The number of hydrogen-bond donors (Lipinski definition) is 2. The van der Waals surface area contributed by atoms with Gasteiger partial charge in [-0.2, -0.15) is 0 Å². The summed E-state index contributed by atoms with van der Waals surface area (Å²) in [5.74, 6) is 3.34. The highest BCUT2D eigenvalue weighted by Gasteiger charge is 2.18. The van der Waals surface area contributed by atoms with Gasteiger partial charge >= 0.3 is 0 Å². The highest BCUT2D eigenvalue weighted by Crippen LogP contribution is 2.32. The number of nitrogens with zero attached hydrogens (tertiary/aromatic N) is 3. The minimum Gasteiger partial charge on any atom is -0.454 e. The van der Waals surface area contributed by atoms with Gasteiger partial charge in [0, 0.05) is 38.7 Å². The summed E-state index contributed by atoms with van der Waals surface area (Å²) in [7, 11) is 0. The Morgan fingerprint density at radius 3 is 2.78 bits per heavy atom. The minimum atomic E-state index is 0.270. The largest absolute Gasteiger partial charge is 0.454 e. The molecule has 1 amide bonds. The molecule has 0 unspecified atom stereocenters. The number of aromatic nitrogens is 2. The SMILES string of the molecule is O=C1CCCN1CCCNc1cc(NCc2ccc3c(c2)OCO3)ncn1. The lowest BCUT2D eigenvalue weighted by Gasteiger charge is -2.15. The minimum absolute atomic E-state index is 0.270. The van der Waals surface area contributed by atoms with Gasteiger partial charge in [0.15, 0.2) is 11.5 Å². The van der Waals surface area contributed by atoms with Gasteiger partial charge in [-0.1, -0.05) is 6.07 Å². The molecular formula is C19H23N5O3. The Labute approximate surface area is 157 Å². The van der Waals surface area contributed by atoms with Gasteiger partial charge in [0.2, 0.25) is 12.7 Å². The number of benzene rings is 1. The van der Waals surface area contributed by atoms with Crippen LogP contribution < -0.4 is 20.1 Å². The standard InChI is InChI=1S/C19H23N5O3/c25-19-3-1-7-24(19)8-2-6-20-17-10-18(23-12-22-17)21-11-14-4-5-15-16(9-14)27-13-26-15/h4-5,9-10,12H,1-3,6-8,11,13H2,(H2,20,21,22,23). The summed E-state index contributed by atoms with van der Waals surface area (Å²) in [5.41, 5.74) is 1.09. The summed E-state index contributed by atoms with van der Waals surface area (Å²) in [6, 6.07) is 7.77. The lowest BCUT2D eigenvalue weighted by Crippen LogP contribution is -2.27. The molecule has 4 rings (SSSR count). The molecule has 8 nitrogen and oxygen atoms in total. The van der Waals surface area contributed by atoms with Crippen LogP contribution in [0.2, 0.25) is 0 Å². The maximum Gasteiger partial charge on any atom is 0.231 e. The number of amides is 1. The number of likely N-dealkylation sites (tertiary alicyclic amines) is 1. The van der Waals surface area contributed by atoms with Crippen LogP contribution in [0.5, 0.6) is 11.5 Å². The van der Waals surface area contributed by atoms with E-state index in [-0.39, 0.29) is 12.7 Å². The summed E-state index contributed by atoms with van der Waals surface area (Å²) >= 11 is 0. The van der Waals surface area contributed by atoms with Crippen molar-refractivity contribution < 1.29 is 14.3 Å². The Balaban J connectivity index is 1.24. The highest BCUT2D eigenvalue weighted by molar-refractivity contribution is 5.78. The van der Waals surface area contributed by atoms with Crippen molar-refractivity contribution in [2.75, 3.05) is 37.1 Å². The van der Waals surface area contributed by atoms with Crippen LogP contribution in [0.25, 0.3) is 0 Å². The monoisotopic (exact) mass is 369 g/mol. The van der Waals surface area contributed by atoms with Gasteiger partial charge in [0.25, 0.3) is 0 Å². The van der Waals surface area contributed by atoms with Crippen LogP contribution in [0.1, 0.15) is 24.8 Å². The zero-order valence-electron chi connectivity index (χ0n) is 15.1. The van der Waals surface area contributed by atoms with Crippen LogP contribution in [-0.2, 0) is 11.3 Å². The van der Waals surface area contributed by atoms with Crippen LogP contribution in [0.4, 0.5) is 11.6 Å². The van der Waals surface area contributed by atoms with E-state index in [0.29, 0.717) is 13.0 Å². The number of carbonyl (C=O) groups excluding carboxylic acids is 1. The lowest BCUT2D eigenvalue weighted by molar-refractivity contribution is -0.127. The normalized spacial score (nSPS) is 15.3. The van der Waals surface area contributed by atoms with Crippen LogP contribution in [0, 0.1) is 0 Å². The molecule has 0 spiro atoms. The second kappa shape index (κ2) is 8.11. The Morgan fingerprint density at radius 2 is 1.93 bits per heavy atom. The first kappa shape index (κ1) is 17.4. The second-order valence-corrected chi connectivity index (χ2v) is 6.59. The van der Waals surface area contributed by atoms with Crippen molar-refractivity contribution in [2.45, 2.75) is 25.8 Å². The molecule has 0 aliphatic carbocycles. The van der Waals surface area contributed by atoms with Crippen molar-refractivity contribution in [1.29, 1.82) is 0 Å². The molecule has 2 aromatic rings. The van der Waals surface area contributed by atoms with E-state index in [4.69, 9.17) is 9.47 Å². The first-order chi connectivity index (χ1) is 13.3. The molecule has 2 N–H and O–H groups in total. The van der Waals surface area contributed by atoms with Gasteiger partial charge < -0.3 is 25.0 Å². The molecule has 0 atom stereocenters. The molecule has 0 radical (unpaired) electrons. The number of nitrogens with one attached hydrogen (secondary N) is 2. The van der Waals surface area contributed by atoms with Gasteiger partial charge in [-0.05, 0) is 30.5 Å². The number of hydrogen-bond acceptors (Lipinski definition) is 7. The van der Waals surface area contributed by atoms with Crippen molar-refractivity contribution >= 4 is 17.5 Å². The topological polar surface area (TPSA) is 88.6 Å². The first-order valence-electron chi connectivity index (χ1n) is 9.24. The van der Waals surface area contributed by atoms with E-state index in [1.54, 1.807) is 0 Å². The average Bonchev–Trinajstić information content (AvgIpc) is 3.32. The van der Waals surface area contributed by atoms with Crippen molar-refractivity contribution in [3.05, 3.63) is 36.2 Å². The van der Waals surface area contributed by atoms with E-state index < -0.39 is 0 Å². The maximum absolute atomic E-state index is 11.6. The molecule has 1 saturated heterocycles. The summed E-state index contributed by atoms with van der Waals surface area (Å²) in [6.07, 6.45) is 4.11. The molecular weight excluding hydrogens is 346 g/mol. The molecule has 27 heavy (non-hydrogen) atoms. The van der Waals surface area contributed by atoms with Crippen LogP contribution >= 0.6 is 0 Å². The van der Waals surface area contributed by atoms with Crippen LogP contribution in [0.15, 0.2) is 30.6 Å². The quantitative estimate of drug-likeness (QED) is 0.690. The van der Waals surface area contributed by atoms with Crippen molar-refractivity contribution in [1.82, 2.24) is 14.9 Å². The van der Waals surface area contributed by atoms with E-state index >= 15 is 0 Å². The van der Waals surface area contributed by atoms with Gasteiger partial charge in [0.1, 0.15) is 18.0 Å². The van der Waals surface area contributed by atoms with E-state index in [1.165, 1.54) is 6.33 Å². The number of ether oxygens (including phenoxy) is 2. The van der Waals surface area contributed by atoms with Crippen LogP contribution in [-0.4, -0.2) is 47.2 Å². The zero-order chi connectivity index (χ0) is 18.5. The molecule has 1 aromatic heterocycles. The Hall–Kier alpha value is -3.03. The summed E-state index contributed by atoms with van der Waals surface area (Å²) in [4.78, 5) is 22.0. The highest BCUT2D eigenvalue weighted by atomic mass is 16.7. The van der Waals surface area contributed by atoms with E-state index in [2.05, 4.69) is 20.6 Å². The second-order valence-electron chi connectivity index (χ2n) is 6.59. The fourth-order valence-corrected chi connectivity index (χ4v) is 3.22. The van der Waals surface area contributed by atoms with Gasteiger partial charge in [0.05, 0.1) is 0 Å². The maximum atomic E-state index is 11.6. The average molecular weight is 369 g/mol. The Kier molecular flexibility index (Phi) is 5.22. The fourth-order valence-electron chi connectivity index (χ4n) is 3.22. The molecule has 0 saturated carbocycles. The van der Waals surface area contributed by atoms with E-state index in [9.17, 15) is 4.79 Å². The molecule has 3 heterocycles. The number of carbonyl (C=O) groups is 1. The summed E-state index contributed by atoms with van der Waals surface area (Å²) in [6.45, 7) is 3.36. The lowest BCUT2D eigenvalue weighted by atomic mass is 10.2. The van der Waals surface area contributed by atoms with Gasteiger partial charge in [-0.25, -0.2) is 9.97 Å². The first-order valence-corrected chi connectivity index (χ1v) is 9.24. The number of anilines is 2. The fraction of sp³-hybridized carbons (Fsp3) is 0.421. The smallest absolute Gasteiger partial charge is 0.231 e. The molecule has 2 aliphatic rings. The predicted octanol–water partition coefficient (Wildman–Crippen LogP) is 2.24. The van der Waals surface area contributed by atoms with Crippen molar-refractivity contribution in [2.24, 2.45) is 0 Å². The molecule has 2 aliphatic heterocycles. The van der Waals surface area contributed by atoms with Crippen LogP contribution in [0.3, 0.4) is 0 Å². The van der Waals surface area contributed by atoms with E-state index in [1.807, 2.05) is 29.2 Å². The summed E-state index contributed by atoms with van der Waals surface area (Å²) < 4.78 is 10.7. The summed E-state index contributed by atoms with van der Waals surface area (Å²) in [5, 5.41) is 6.58. The Morgan fingerprint density at radius 1 is 1.07 bits per heavy atom. The Bertz CT molecular complexity index is 814. The molecule has 1 aromatic carbocycles. The van der Waals surface area contributed by atoms with E-state index in [0.717, 1.165) is 61.2 Å². The third-order valence-corrected chi connectivity index (χ3v) is 4.66. The van der Waals surface area contributed by atoms with Gasteiger partial charge in [-0.3, -0.25) is 4.79 Å². The third-order valence-electron chi connectivity index (χ3n) is 4.66. The third kappa shape index (κ3) is 4.39. The molecule has 142 valence electrons. The zero-order valence-corrected chi connectivity index (χ0v) is 15.1. The molecule has 8 heteroatoms. The number of rotatable bonds is 8. The van der Waals surface area contributed by atoms with Gasteiger partial charge in [-0.15, -0.1) is 0 Å². The predicted molar refractivity (Wildman–Crippen MR) is 101 cm³/mol.